The fourth-order valence-electron chi connectivity index (χ4n) is 4.58. The summed E-state index contributed by atoms with van der Waals surface area (Å²) in [6, 6.07) is 11.5. The van der Waals surface area contributed by atoms with Crippen LogP contribution < -0.4 is 0 Å². The molecule has 0 radical (unpaired) electrons. The minimum Gasteiger partial charge on any atom is -0.360 e. The largest absolute Gasteiger partial charge is 0.360 e. The lowest BCUT2D eigenvalue weighted by Gasteiger charge is -2.27. The molecule has 0 saturated carbocycles. The molecule has 0 spiro atoms. The highest BCUT2D eigenvalue weighted by molar-refractivity contribution is 5.85. The number of hydrogen-bond acceptors (Lipinski definition) is 4. The number of aryl methyl sites for hydroxylation is 2. The van der Waals surface area contributed by atoms with Gasteiger partial charge in [-0.3, -0.25) is 9.80 Å². The molecule has 0 amide bonds. The van der Waals surface area contributed by atoms with Crippen LogP contribution in [0.25, 0.3) is 0 Å². The van der Waals surface area contributed by atoms with Gasteiger partial charge >= 0.3 is 0 Å². The number of rotatable bonds is 3. The first kappa shape index (κ1) is 17.5. The molecule has 5 heteroatoms. The van der Waals surface area contributed by atoms with Crippen LogP contribution >= 0.6 is 12.4 Å². The molecule has 1 aromatic heterocycles. The first-order valence-electron chi connectivity index (χ1n) is 8.52. The predicted molar refractivity (Wildman–Crippen MR) is 97.3 cm³/mol. The second kappa shape index (κ2) is 6.87. The zero-order valence-electron chi connectivity index (χ0n) is 14.6. The van der Waals surface area contributed by atoms with Crippen molar-refractivity contribution in [2.45, 2.75) is 26.4 Å². The van der Waals surface area contributed by atoms with E-state index in [1.54, 1.807) is 0 Å². The fourth-order valence-corrected chi connectivity index (χ4v) is 4.58. The molecule has 2 aliphatic heterocycles. The quantitative estimate of drug-likeness (QED) is 0.851. The van der Waals surface area contributed by atoms with Crippen molar-refractivity contribution in [3.63, 3.8) is 0 Å². The van der Waals surface area contributed by atoms with Crippen LogP contribution in [0.2, 0.25) is 0 Å². The molecule has 0 bridgehead atoms. The molecule has 130 valence electrons. The molecule has 0 N–H and O–H groups in total. The molecule has 3 heterocycles. The minimum absolute atomic E-state index is 0. The highest BCUT2D eigenvalue weighted by atomic mass is 35.5. The predicted octanol–water partition coefficient (Wildman–Crippen LogP) is 3.45. The van der Waals surface area contributed by atoms with Crippen LogP contribution in [0, 0.1) is 25.7 Å². The van der Waals surface area contributed by atoms with Crippen molar-refractivity contribution in [1.82, 2.24) is 15.0 Å². The summed E-state index contributed by atoms with van der Waals surface area (Å²) in [6.07, 6.45) is 0. The molecule has 2 saturated heterocycles. The first-order chi connectivity index (χ1) is 11.1. The number of halogens is 1. The Hall–Kier alpha value is -1.36. The molecule has 2 fully saturated rings. The maximum atomic E-state index is 5.40. The minimum atomic E-state index is 0. The third-order valence-corrected chi connectivity index (χ3v) is 5.53. The molecule has 4 rings (SSSR count). The maximum Gasteiger partial charge on any atom is 0.150 e. The third-order valence-electron chi connectivity index (χ3n) is 5.53. The number of fused-ring (bicyclic) bond motifs is 1. The van der Waals surface area contributed by atoms with Gasteiger partial charge in [-0.25, -0.2) is 0 Å². The Morgan fingerprint density at radius 1 is 1.17 bits per heavy atom. The van der Waals surface area contributed by atoms with Crippen LogP contribution in [0.4, 0.5) is 0 Å². The van der Waals surface area contributed by atoms with Crippen LogP contribution in [-0.2, 0) is 6.54 Å². The van der Waals surface area contributed by atoms with Gasteiger partial charge in [0, 0.05) is 31.7 Å². The average Bonchev–Trinajstić information content (AvgIpc) is 3.15. The Kier molecular flexibility index (Phi) is 5.00. The molecule has 0 aliphatic carbocycles. The lowest BCUT2D eigenvalue weighted by Crippen LogP contribution is -2.29. The smallest absolute Gasteiger partial charge is 0.150 e. The van der Waals surface area contributed by atoms with Crippen LogP contribution in [0.1, 0.15) is 28.6 Å². The molecule has 2 aromatic rings. The second-order valence-electron chi connectivity index (χ2n) is 7.29. The van der Waals surface area contributed by atoms with Gasteiger partial charge in [-0.05, 0) is 43.9 Å². The van der Waals surface area contributed by atoms with E-state index < -0.39 is 0 Å². The maximum absolute atomic E-state index is 5.40. The number of aromatic nitrogens is 1. The molecule has 24 heavy (non-hydrogen) atoms. The molecular formula is C19H26ClN3O. The van der Waals surface area contributed by atoms with E-state index in [2.05, 4.69) is 59.3 Å². The summed E-state index contributed by atoms with van der Waals surface area (Å²) in [7, 11) is 2.28. The summed E-state index contributed by atoms with van der Waals surface area (Å²) in [6.45, 7) is 8.61. The summed E-state index contributed by atoms with van der Waals surface area (Å²) < 4.78 is 5.40. The van der Waals surface area contributed by atoms with Gasteiger partial charge in [-0.2, -0.15) is 0 Å². The summed E-state index contributed by atoms with van der Waals surface area (Å²) in [5.41, 5.74) is 3.88. The molecule has 0 unspecified atom stereocenters. The Bertz CT molecular complexity index is 701. The van der Waals surface area contributed by atoms with Gasteiger partial charge < -0.3 is 4.52 Å². The Balaban J connectivity index is 0.00000169. The zero-order chi connectivity index (χ0) is 16.0. The number of benzene rings is 1. The highest BCUT2D eigenvalue weighted by Crippen LogP contribution is 2.45. The summed E-state index contributed by atoms with van der Waals surface area (Å²) >= 11 is 0. The Morgan fingerprint density at radius 3 is 2.67 bits per heavy atom. The monoisotopic (exact) mass is 347 g/mol. The van der Waals surface area contributed by atoms with Crippen molar-refractivity contribution in [3.05, 3.63) is 52.9 Å². The highest BCUT2D eigenvalue weighted by Gasteiger charge is 2.46. The van der Waals surface area contributed by atoms with Crippen LogP contribution in [-0.4, -0.2) is 41.6 Å². The zero-order valence-corrected chi connectivity index (χ0v) is 15.4. The standard InChI is InChI=1S/C19H25N3O.ClH/c1-13-6-4-5-7-17(13)19-18-12-22(10-15(18)9-21(19)3)11-16-8-14(2)20-23-16;/h4-8,15,18-19H,9-12H2,1-3H3;1H/t15-,18+,19+;/m0./s1. The lowest BCUT2D eigenvalue weighted by molar-refractivity contribution is 0.210. The van der Waals surface area contributed by atoms with Gasteiger partial charge in [0.2, 0.25) is 0 Å². The Labute approximate surface area is 150 Å². The van der Waals surface area contributed by atoms with Crippen LogP contribution in [0.3, 0.4) is 0 Å². The van der Waals surface area contributed by atoms with Gasteiger partial charge in [0.05, 0.1) is 12.2 Å². The van der Waals surface area contributed by atoms with E-state index in [9.17, 15) is 0 Å². The fraction of sp³-hybridized carbons (Fsp3) is 0.526. The number of likely N-dealkylation sites (tertiary alicyclic amines) is 2. The van der Waals surface area contributed by atoms with Gasteiger partial charge in [-0.15, -0.1) is 12.4 Å². The van der Waals surface area contributed by atoms with E-state index in [1.807, 2.05) is 6.92 Å². The van der Waals surface area contributed by atoms with Gasteiger partial charge in [-0.1, -0.05) is 29.4 Å². The SMILES string of the molecule is Cc1cc(CN2C[C@@H]3CN(C)[C@H](c4ccccc4C)[C@@H]3C2)on1.Cl. The van der Waals surface area contributed by atoms with E-state index in [0.717, 1.165) is 37.0 Å². The van der Waals surface area contributed by atoms with E-state index in [-0.39, 0.29) is 12.4 Å². The van der Waals surface area contributed by atoms with Gasteiger partial charge in [0.25, 0.3) is 0 Å². The van der Waals surface area contributed by atoms with Crippen molar-refractivity contribution >= 4 is 12.4 Å². The van der Waals surface area contributed by atoms with Crippen molar-refractivity contribution < 1.29 is 4.52 Å². The van der Waals surface area contributed by atoms with Gasteiger partial charge in [0.15, 0.2) is 5.76 Å². The molecular weight excluding hydrogens is 322 g/mol. The summed E-state index contributed by atoms with van der Waals surface area (Å²) in [5, 5.41) is 4.01. The van der Waals surface area contributed by atoms with Crippen LogP contribution in [0.15, 0.2) is 34.9 Å². The van der Waals surface area contributed by atoms with E-state index in [1.165, 1.54) is 17.7 Å². The second-order valence-corrected chi connectivity index (χ2v) is 7.29. The molecule has 3 atom stereocenters. The van der Waals surface area contributed by atoms with Crippen molar-refractivity contribution in [3.8, 4) is 0 Å². The lowest BCUT2D eigenvalue weighted by atomic mass is 9.88. The number of hydrogen-bond donors (Lipinski definition) is 0. The normalized spacial score (nSPS) is 27.2. The van der Waals surface area contributed by atoms with Gasteiger partial charge in [0.1, 0.15) is 0 Å². The van der Waals surface area contributed by atoms with Crippen LogP contribution in [0.5, 0.6) is 0 Å². The van der Waals surface area contributed by atoms with Crippen molar-refractivity contribution in [1.29, 1.82) is 0 Å². The van der Waals surface area contributed by atoms with E-state index in [0.29, 0.717) is 12.0 Å². The van der Waals surface area contributed by atoms with E-state index in [4.69, 9.17) is 4.52 Å². The molecule has 1 aromatic carbocycles. The average molecular weight is 348 g/mol. The molecule has 4 nitrogen and oxygen atoms in total. The summed E-state index contributed by atoms with van der Waals surface area (Å²) in [4.78, 5) is 5.08. The third kappa shape index (κ3) is 3.10. The number of nitrogens with zero attached hydrogens (tertiary/aromatic N) is 3. The Morgan fingerprint density at radius 2 is 1.96 bits per heavy atom. The molecule has 2 aliphatic rings. The summed E-state index contributed by atoms with van der Waals surface area (Å²) in [5.74, 6) is 2.46. The van der Waals surface area contributed by atoms with Crippen molar-refractivity contribution in [2.75, 3.05) is 26.7 Å². The topological polar surface area (TPSA) is 32.5 Å². The van der Waals surface area contributed by atoms with E-state index >= 15 is 0 Å². The van der Waals surface area contributed by atoms with Crippen molar-refractivity contribution in [2.24, 2.45) is 11.8 Å². The first-order valence-corrected chi connectivity index (χ1v) is 8.52.